The van der Waals surface area contributed by atoms with E-state index in [4.69, 9.17) is 0 Å². The van der Waals surface area contributed by atoms with Gasteiger partial charge in [0, 0.05) is 18.1 Å². The minimum absolute atomic E-state index is 0.970. The van der Waals surface area contributed by atoms with Gasteiger partial charge in [0.2, 0.25) is 0 Å². The van der Waals surface area contributed by atoms with E-state index in [2.05, 4.69) is 34.6 Å². The van der Waals surface area contributed by atoms with Crippen molar-refractivity contribution in [3.05, 3.63) is 42.1 Å². The van der Waals surface area contributed by atoms with Crippen molar-refractivity contribution >= 4 is 10.9 Å². The Hall–Kier alpha value is -1.41. The Morgan fingerprint density at radius 2 is 2.17 bits per heavy atom. The van der Waals surface area contributed by atoms with E-state index in [1.54, 1.807) is 0 Å². The van der Waals surface area contributed by atoms with Gasteiger partial charge in [-0.25, -0.2) is 0 Å². The third-order valence-corrected chi connectivity index (χ3v) is 3.95. The lowest BCUT2D eigenvalue weighted by atomic mass is 9.83. The van der Waals surface area contributed by atoms with E-state index in [-0.39, 0.29) is 0 Å². The summed E-state index contributed by atoms with van der Waals surface area (Å²) < 4.78 is 0. The van der Waals surface area contributed by atoms with Gasteiger partial charge in [0.05, 0.1) is 5.52 Å². The van der Waals surface area contributed by atoms with E-state index < -0.39 is 0 Å². The van der Waals surface area contributed by atoms with E-state index in [1.165, 1.54) is 36.6 Å². The van der Waals surface area contributed by atoms with Crippen molar-refractivity contribution in [3.63, 3.8) is 0 Å². The van der Waals surface area contributed by atoms with Crippen LogP contribution in [0.3, 0.4) is 0 Å². The van der Waals surface area contributed by atoms with Crippen molar-refractivity contribution in [1.29, 1.82) is 0 Å². The molecule has 0 aliphatic heterocycles. The lowest BCUT2D eigenvalue weighted by Gasteiger charge is -2.25. The highest BCUT2D eigenvalue weighted by Gasteiger charge is 2.15. The maximum Gasteiger partial charge on any atom is 0.0702 e. The maximum atomic E-state index is 4.34. The number of nitrogens with one attached hydrogen (secondary N) is 1. The Morgan fingerprint density at radius 3 is 3.00 bits per heavy atom. The van der Waals surface area contributed by atoms with Crippen LogP contribution in [0.1, 0.15) is 31.2 Å². The van der Waals surface area contributed by atoms with Gasteiger partial charge < -0.3 is 5.32 Å². The highest BCUT2D eigenvalue weighted by atomic mass is 14.8. The predicted molar refractivity (Wildman–Crippen MR) is 75.4 cm³/mol. The van der Waals surface area contributed by atoms with E-state index in [0.29, 0.717) is 0 Å². The van der Waals surface area contributed by atoms with Crippen molar-refractivity contribution in [1.82, 2.24) is 10.3 Å². The first kappa shape index (κ1) is 11.7. The molecule has 1 N–H and O–H groups in total. The van der Waals surface area contributed by atoms with Crippen LogP contribution in [0.2, 0.25) is 0 Å². The fourth-order valence-electron chi connectivity index (χ4n) is 2.56. The monoisotopic (exact) mass is 240 g/mol. The highest BCUT2D eigenvalue weighted by molar-refractivity contribution is 5.78. The third-order valence-electron chi connectivity index (χ3n) is 3.95. The summed E-state index contributed by atoms with van der Waals surface area (Å²) >= 11 is 0. The number of benzene rings is 1. The first-order valence-corrected chi connectivity index (χ1v) is 6.96. The third kappa shape index (κ3) is 2.70. The summed E-state index contributed by atoms with van der Waals surface area (Å²) in [5.74, 6) is 0.998. The van der Waals surface area contributed by atoms with Crippen molar-refractivity contribution in [2.24, 2.45) is 5.92 Å². The molecule has 18 heavy (non-hydrogen) atoms. The van der Waals surface area contributed by atoms with Crippen molar-refractivity contribution in [3.8, 4) is 0 Å². The number of hydrogen-bond acceptors (Lipinski definition) is 2. The van der Waals surface area contributed by atoms with Gasteiger partial charge in [0.15, 0.2) is 0 Å². The van der Waals surface area contributed by atoms with E-state index >= 15 is 0 Å². The molecule has 1 aromatic carbocycles. The Balaban J connectivity index is 1.53. The summed E-state index contributed by atoms with van der Waals surface area (Å²) in [5, 5.41) is 4.78. The van der Waals surface area contributed by atoms with E-state index in [0.717, 1.165) is 24.5 Å². The Bertz CT molecular complexity index is 517. The molecule has 1 aliphatic carbocycles. The second-order valence-corrected chi connectivity index (χ2v) is 5.29. The van der Waals surface area contributed by atoms with Crippen LogP contribution in [-0.4, -0.2) is 11.5 Å². The van der Waals surface area contributed by atoms with Crippen LogP contribution in [0.25, 0.3) is 10.9 Å². The number of hydrogen-bond donors (Lipinski definition) is 1. The quantitative estimate of drug-likeness (QED) is 0.809. The van der Waals surface area contributed by atoms with Crippen molar-refractivity contribution in [2.45, 2.75) is 32.2 Å². The van der Waals surface area contributed by atoms with Crippen LogP contribution >= 0.6 is 0 Å². The molecule has 2 aromatic rings. The molecule has 2 heteroatoms. The lowest BCUT2D eigenvalue weighted by molar-refractivity contribution is 0.292. The van der Waals surface area contributed by atoms with Gasteiger partial charge in [-0.05, 0) is 42.6 Å². The van der Waals surface area contributed by atoms with Gasteiger partial charge in [-0.15, -0.1) is 0 Å². The number of nitrogens with zero attached hydrogens (tertiary/aromatic N) is 1. The fraction of sp³-hybridized carbons (Fsp3) is 0.438. The molecule has 1 aliphatic rings. The molecule has 1 heterocycles. The zero-order chi connectivity index (χ0) is 12.2. The van der Waals surface area contributed by atoms with Crippen LogP contribution in [0.15, 0.2) is 36.5 Å². The highest BCUT2D eigenvalue weighted by Crippen LogP contribution is 2.28. The van der Waals surface area contributed by atoms with Gasteiger partial charge in [-0.2, -0.15) is 0 Å². The molecular weight excluding hydrogens is 220 g/mol. The Morgan fingerprint density at radius 1 is 1.22 bits per heavy atom. The van der Waals surface area contributed by atoms with Crippen LogP contribution < -0.4 is 5.32 Å². The first-order valence-electron chi connectivity index (χ1n) is 6.96. The van der Waals surface area contributed by atoms with Gasteiger partial charge >= 0.3 is 0 Å². The smallest absolute Gasteiger partial charge is 0.0702 e. The molecule has 1 fully saturated rings. The molecule has 1 aromatic heterocycles. The molecule has 1 saturated carbocycles. The number of aromatic nitrogens is 1. The van der Waals surface area contributed by atoms with Crippen LogP contribution in [0.5, 0.6) is 0 Å². The number of rotatable bonds is 5. The summed E-state index contributed by atoms with van der Waals surface area (Å²) in [6.45, 7) is 2.12. The topological polar surface area (TPSA) is 24.9 Å². The molecule has 2 nitrogen and oxygen atoms in total. The summed E-state index contributed by atoms with van der Waals surface area (Å²) in [7, 11) is 0. The van der Waals surface area contributed by atoms with Gasteiger partial charge in [-0.1, -0.05) is 31.4 Å². The molecule has 0 saturated heterocycles. The molecule has 3 rings (SSSR count). The molecule has 0 radical (unpaired) electrons. The second kappa shape index (κ2) is 5.49. The van der Waals surface area contributed by atoms with Crippen LogP contribution in [0.4, 0.5) is 0 Å². The fourth-order valence-corrected chi connectivity index (χ4v) is 2.56. The summed E-state index contributed by atoms with van der Waals surface area (Å²) in [4.78, 5) is 4.34. The Kier molecular flexibility index (Phi) is 3.56. The van der Waals surface area contributed by atoms with Gasteiger partial charge in [0.25, 0.3) is 0 Å². The summed E-state index contributed by atoms with van der Waals surface area (Å²) in [5.41, 5.74) is 2.43. The minimum Gasteiger partial charge on any atom is -0.313 e. The molecule has 0 atom stereocenters. The molecular formula is C16H20N2. The van der Waals surface area contributed by atoms with E-state index in [1.807, 2.05) is 12.3 Å². The van der Waals surface area contributed by atoms with Crippen molar-refractivity contribution in [2.75, 3.05) is 6.54 Å². The van der Waals surface area contributed by atoms with E-state index in [9.17, 15) is 0 Å². The van der Waals surface area contributed by atoms with Gasteiger partial charge in [0.1, 0.15) is 0 Å². The van der Waals surface area contributed by atoms with Crippen LogP contribution in [-0.2, 0) is 6.54 Å². The van der Waals surface area contributed by atoms with Gasteiger partial charge in [-0.3, -0.25) is 4.98 Å². The number of pyridine rings is 1. The zero-order valence-electron chi connectivity index (χ0n) is 10.7. The molecule has 0 unspecified atom stereocenters. The normalized spacial score (nSPS) is 15.8. The zero-order valence-corrected chi connectivity index (χ0v) is 10.7. The predicted octanol–water partition coefficient (Wildman–Crippen LogP) is 3.51. The standard InChI is InChI=1S/C16H20N2/c1-3-13(4-1)8-10-17-12-14-6-7-16-15(11-14)5-2-9-18-16/h2,5-7,9,11,13,17H,1,3-4,8,10,12H2. The number of fused-ring (bicyclic) bond motifs is 1. The summed E-state index contributed by atoms with van der Waals surface area (Å²) in [6, 6.07) is 10.6. The second-order valence-electron chi connectivity index (χ2n) is 5.29. The maximum absolute atomic E-state index is 4.34. The summed E-state index contributed by atoms with van der Waals surface area (Å²) in [6.07, 6.45) is 7.53. The SMILES string of the molecule is c1cnc2ccc(CNCCC3CCC3)cc2c1. The first-order chi connectivity index (χ1) is 8.92. The molecule has 0 spiro atoms. The van der Waals surface area contributed by atoms with Crippen LogP contribution in [0, 0.1) is 5.92 Å². The average Bonchev–Trinajstić information content (AvgIpc) is 2.36. The minimum atomic E-state index is 0.970. The lowest BCUT2D eigenvalue weighted by Crippen LogP contribution is -2.21. The average molecular weight is 240 g/mol. The molecule has 0 bridgehead atoms. The molecule has 0 amide bonds. The molecule has 94 valence electrons. The van der Waals surface area contributed by atoms with Crippen molar-refractivity contribution < 1.29 is 0 Å². The Labute approximate surface area is 108 Å². The largest absolute Gasteiger partial charge is 0.313 e.